The van der Waals surface area contributed by atoms with Crippen LogP contribution in [0.1, 0.15) is 20.8 Å². The molecule has 2 unspecified atom stereocenters. The summed E-state index contributed by atoms with van der Waals surface area (Å²) in [5, 5.41) is 3.31. The normalized spacial score (nSPS) is 27.9. The summed E-state index contributed by atoms with van der Waals surface area (Å²) in [5.74, 6) is 0. The van der Waals surface area contributed by atoms with Gasteiger partial charge in [0.05, 0.1) is 12.7 Å². The lowest BCUT2D eigenvalue weighted by molar-refractivity contribution is -0.0457. The van der Waals surface area contributed by atoms with Gasteiger partial charge in [-0.15, -0.1) is 0 Å². The molecule has 3 heteroatoms. The number of likely N-dealkylation sites (N-methyl/N-ethyl adjacent to an activating group) is 1. The molecule has 1 N–H and O–H groups in total. The second-order valence-corrected chi connectivity index (χ2v) is 4.45. The third kappa shape index (κ3) is 4.33. The molecule has 0 amide bonds. The molecule has 1 saturated heterocycles. The molecule has 0 bridgehead atoms. The lowest BCUT2D eigenvalue weighted by Crippen LogP contribution is -2.48. The van der Waals surface area contributed by atoms with Gasteiger partial charge in [0.15, 0.2) is 0 Å². The number of hydrogen-bond acceptors (Lipinski definition) is 3. The molecular weight excluding hydrogens is 188 g/mol. The van der Waals surface area contributed by atoms with Crippen LogP contribution in [0, 0.1) is 0 Å². The zero-order chi connectivity index (χ0) is 11.3. The van der Waals surface area contributed by atoms with E-state index in [4.69, 9.17) is 4.74 Å². The molecule has 1 aliphatic heterocycles. The molecule has 0 aromatic rings. The zero-order valence-electron chi connectivity index (χ0n) is 10.3. The highest BCUT2D eigenvalue weighted by atomic mass is 16.5. The van der Waals surface area contributed by atoms with Gasteiger partial charge in [0.25, 0.3) is 0 Å². The van der Waals surface area contributed by atoms with Gasteiger partial charge in [0, 0.05) is 25.7 Å². The van der Waals surface area contributed by atoms with Gasteiger partial charge in [0.2, 0.25) is 0 Å². The number of morpholine rings is 1. The van der Waals surface area contributed by atoms with Crippen LogP contribution in [0.5, 0.6) is 0 Å². The summed E-state index contributed by atoms with van der Waals surface area (Å²) in [6, 6.07) is 0.513. The Morgan fingerprint density at radius 3 is 2.93 bits per heavy atom. The van der Waals surface area contributed by atoms with E-state index in [1.54, 1.807) is 0 Å². The van der Waals surface area contributed by atoms with E-state index in [0.717, 1.165) is 32.8 Å². The van der Waals surface area contributed by atoms with E-state index in [-0.39, 0.29) is 0 Å². The Morgan fingerprint density at radius 1 is 1.53 bits per heavy atom. The summed E-state index contributed by atoms with van der Waals surface area (Å²) in [6.07, 6.45) is 0.355. The second-order valence-electron chi connectivity index (χ2n) is 4.45. The third-order valence-corrected chi connectivity index (χ3v) is 2.79. The fraction of sp³-hybridized carbons (Fsp3) is 0.833. The van der Waals surface area contributed by atoms with Crippen LogP contribution < -0.4 is 5.32 Å². The van der Waals surface area contributed by atoms with Crippen molar-refractivity contribution in [3.8, 4) is 0 Å². The minimum absolute atomic E-state index is 0.355. The number of ether oxygens (including phenoxy) is 1. The van der Waals surface area contributed by atoms with Crippen LogP contribution >= 0.6 is 0 Å². The molecule has 0 saturated carbocycles. The van der Waals surface area contributed by atoms with Gasteiger partial charge in [0.1, 0.15) is 0 Å². The summed E-state index contributed by atoms with van der Waals surface area (Å²) in [6.45, 7) is 15.3. The van der Waals surface area contributed by atoms with Crippen molar-refractivity contribution in [1.29, 1.82) is 0 Å². The fourth-order valence-corrected chi connectivity index (χ4v) is 1.84. The van der Waals surface area contributed by atoms with Gasteiger partial charge in [-0.3, -0.25) is 4.90 Å². The Hall–Kier alpha value is -0.380. The minimum Gasteiger partial charge on any atom is -0.376 e. The predicted molar refractivity (Wildman–Crippen MR) is 64.1 cm³/mol. The Balaban J connectivity index is 2.31. The van der Waals surface area contributed by atoms with Crippen LogP contribution in [-0.2, 0) is 4.74 Å². The van der Waals surface area contributed by atoms with Crippen LogP contribution in [-0.4, -0.2) is 49.8 Å². The standard InChI is InChI=1S/C12H24N2O/c1-5-13-6-10(2)7-14-8-12(4)15-9-11(14)3/h11-13H,2,5-9H2,1,3-4H3. The second kappa shape index (κ2) is 6.26. The minimum atomic E-state index is 0.355. The van der Waals surface area contributed by atoms with Crippen molar-refractivity contribution in [3.63, 3.8) is 0 Å². The lowest BCUT2D eigenvalue weighted by Gasteiger charge is -2.37. The maximum atomic E-state index is 5.60. The monoisotopic (exact) mass is 212 g/mol. The van der Waals surface area contributed by atoms with E-state index in [9.17, 15) is 0 Å². The zero-order valence-corrected chi connectivity index (χ0v) is 10.3. The SMILES string of the molecule is C=C(CNCC)CN1CC(C)OCC1C. The quantitative estimate of drug-likeness (QED) is 0.694. The van der Waals surface area contributed by atoms with Crippen molar-refractivity contribution < 1.29 is 4.74 Å². The maximum Gasteiger partial charge on any atom is 0.0674 e. The van der Waals surface area contributed by atoms with Crippen LogP contribution in [0.15, 0.2) is 12.2 Å². The summed E-state index contributed by atoms with van der Waals surface area (Å²) >= 11 is 0. The molecule has 1 heterocycles. The van der Waals surface area contributed by atoms with E-state index >= 15 is 0 Å². The largest absolute Gasteiger partial charge is 0.376 e. The summed E-state index contributed by atoms with van der Waals surface area (Å²) < 4.78 is 5.60. The van der Waals surface area contributed by atoms with Crippen LogP contribution in [0.25, 0.3) is 0 Å². The van der Waals surface area contributed by atoms with E-state index in [0.29, 0.717) is 12.1 Å². The first-order chi connectivity index (χ1) is 7.13. The Labute approximate surface area is 93.5 Å². The highest BCUT2D eigenvalue weighted by Gasteiger charge is 2.23. The van der Waals surface area contributed by atoms with Crippen molar-refractivity contribution >= 4 is 0 Å². The van der Waals surface area contributed by atoms with Gasteiger partial charge < -0.3 is 10.1 Å². The summed E-state index contributed by atoms with van der Waals surface area (Å²) in [7, 11) is 0. The van der Waals surface area contributed by atoms with Crippen molar-refractivity contribution in [2.45, 2.75) is 32.9 Å². The molecule has 2 atom stereocenters. The van der Waals surface area contributed by atoms with Gasteiger partial charge >= 0.3 is 0 Å². The highest BCUT2D eigenvalue weighted by molar-refractivity contribution is 5.01. The van der Waals surface area contributed by atoms with E-state index in [2.05, 4.69) is 37.6 Å². The molecule has 0 aliphatic carbocycles. The van der Waals surface area contributed by atoms with E-state index in [1.807, 2.05) is 0 Å². The third-order valence-electron chi connectivity index (χ3n) is 2.79. The smallest absolute Gasteiger partial charge is 0.0674 e. The van der Waals surface area contributed by atoms with Gasteiger partial charge in [-0.25, -0.2) is 0 Å². The maximum absolute atomic E-state index is 5.60. The molecule has 0 spiro atoms. The van der Waals surface area contributed by atoms with E-state index < -0.39 is 0 Å². The van der Waals surface area contributed by atoms with Crippen molar-refractivity contribution in [2.24, 2.45) is 0 Å². The van der Waals surface area contributed by atoms with Crippen LogP contribution in [0.2, 0.25) is 0 Å². The first-order valence-corrected chi connectivity index (χ1v) is 5.86. The van der Waals surface area contributed by atoms with Gasteiger partial charge in [-0.05, 0) is 26.0 Å². The molecule has 15 heavy (non-hydrogen) atoms. The number of nitrogens with zero attached hydrogens (tertiary/aromatic N) is 1. The molecule has 1 rings (SSSR count). The highest BCUT2D eigenvalue weighted by Crippen LogP contribution is 2.12. The topological polar surface area (TPSA) is 24.5 Å². The Bertz CT molecular complexity index is 206. The molecule has 0 aromatic heterocycles. The molecule has 1 aliphatic rings. The number of hydrogen-bond donors (Lipinski definition) is 1. The Morgan fingerprint density at radius 2 is 2.27 bits per heavy atom. The molecule has 3 nitrogen and oxygen atoms in total. The van der Waals surface area contributed by atoms with Crippen LogP contribution in [0.3, 0.4) is 0 Å². The lowest BCUT2D eigenvalue weighted by atomic mass is 10.1. The average Bonchev–Trinajstić information content (AvgIpc) is 2.20. The molecule has 0 radical (unpaired) electrons. The van der Waals surface area contributed by atoms with Gasteiger partial charge in [-0.2, -0.15) is 0 Å². The molecule has 1 fully saturated rings. The summed E-state index contributed by atoms with van der Waals surface area (Å²) in [4.78, 5) is 2.45. The van der Waals surface area contributed by atoms with Crippen molar-refractivity contribution in [2.75, 3.05) is 32.8 Å². The van der Waals surface area contributed by atoms with Crippen molar-refractivity contribution in [3.05, 3.63) is 12.2 Å². The summed E-state index contributed by atoms with van der Waals surface area (Å²) in [5.41, 5.74) is 1.26. The first-order valence-electron chi connectivity index (χ1n) is 5.86. The molecular formula is C12H24N2O. The van der Waals surface area contributed by atoms with Crippen LogP contribution in [0.4, 0.5) is 0 Å². The van der Waals surface area contributed by atoms with Gasteiger partial charge in [-0.1, -0.05) is 13.5 Å². The van der Waals surface area contributed by atoms with E-state index in [1.165, 1.54) is 5.57 Å². The fourth-order valence-electron chi connectivity index (χ4n) is 1.84. The van der Waals surface area contributed by atoms with Crippen molar-refractivity contribution in [1.82, 2.24) is 10.2 Å². The molecule has 88 valence electrons. The Kier molecular flexibility index (Phi) is 5.29. The predicted octanol–water partition coefficient (Wildman–Crippen LogP) is 1.26. The number of nitrogens with one attached hydrogen (secondary N) is 1. The first kappa shape index (κ1) is 12.7. The number of rotatable bonds is 5. The molecule has 0 aromatic carbocycles. The average molecular weight is 212 g/mol.